The zero-order chi connectivity index (χ0) is 17.5. The van der Waals surface area contributed by atoms with Gasteiger partial charge in [-0.05, 0) is 19.1 Å². The molecule has 2 rings (SSSR count). The van der Waals surface area contributed by atoms with E-state index in [1.807, 2.05) is 23.6 Å². The molecule has 0 fully saturated rings. The summed E-state index contributed by atoms with van der Waals surface area (Å²) in [5.74, 6) is 1.11. The fraction of sp³-hybridized carbons (Fsp3) is 0.375. The maximum Gasteiger partial charge on any atom is 0.216 e. The number of nitrogens with one attached hydrogen (secondary N) is 1. The third-order valence-corrected chi connectivity index (χ3v) is 4.83. The Kier molecular flexibility index (Phi) is 6.99. The fourth-order valence-corrected chi connectivity index (χ4v) is 3.31. The number of Topliss-reactive ketones (excluding diaryl/α,β-unsaturated/α-hetero) is 1. The Morgan fingerprint density at radius 3 is 2.58 bits per heavy atom. The topological polar surface area (TPSA) is 76.9 Å². The standard InChI is InChI=1S/C16H19BrN4O2S/c1-3-21-15(8-9-18-11(2)22)19-20-16(21)24-10-14(23)12-4-6-13(17)7-5-12/h4-7H,3,8-10H2,1-2H3,(H,18,22). The third kappa shape index (κ3) is 5.17. The van der Waals surface area contributed by atoms with Crippen molar-refractivity contribution in [2.45, 2.75) is 32.0 Å². The fourth-order valence-electron chi connectivity index (χ4n) is 2.13. The van der Waals surface area contributed by atoms with Gasteiger partial charge in [0.05, 0.1) is 5.75 Å². The largest absolute Gasteiger partial charge is 0.356 e. The lowest BCUT2D eigenvalue weighted by atomic mass is 10.2. The Morgan fingerprint density at radius 1 is 1.25 bits per heavy atom. The van der Waals surface area contributed by atoms with Gasteiger partial charge in [-0.3, -0.25) is 9.59 Å². The Morgan fingerprint density at radius 2 is 1.96 bits per heavy atom. The molecule has 1 heterocycles. The molecule has 128 valence electrons. The molecule has 1 aromatic heterocycles. The average Bonchev–Trinajstić information content (AvgIpc) is 2.95. The molecule has 0 spiro atoms. The first-order chi connectivity index (χ1) is 11.5. The smallest absolute Gasteiger partial charge is 0.216 e. The van der Waals surface area contributed by atoms with Crippen LogP contribution in [0, 0.1) is 0 Å². The van der Waals surface area contributed by atoms with Crippen molar-refractivity contribution in [2.24, 2.45) is 0 Å². The average molecular weight is 411 g/mol. The molecule has 2 aromatic rings. The molecule has 1 amide bonds. The summed E-state index contributed by atoms with van der Waals surface area (Å²) in [5.41, 5.74) is 0.680. The first kappa shape index (κ1) is 18.7. The Labute approximate surface area is 153 Å². The number of nitrogens with zero attached hydrogens (tertiary/aromatic N) is 3. The highest BCUT2D eigenvalue weighted by Gasteiger charge is 2.14. The van der Waals surface area contributed by atoms with Crippen molar-refractivity contribution < 1.29 is 9.59 Å². The molecule has 0 aliphatic carbocycles. The summed E-state index contributed by atoms with van der Waals surface area (Å²) in [6.07, 6.45) is 0.613. The monoisotopic (exact) mass is 410 g/mol. The molecular weight excluding hydrogens is 392 g/mol. The van der Waals surface area contributed by atoms with Gasteiger partial charge in [-0.1, -0.05) is 39.8 Å². The minimum Gasteiger partial charge on any atom is -0.356 e. The number of thioether (sulfide) groups is 1. The summed E-state index contributed by atoms with van der Waals surface area (Å²) in [6, 6.07) is 7.31. The molecule has 0 atom stereocenters. The number of amides is 1. The van der Waals surface area contributed by atoms with E-state index in [0.29, 0.717) is 24.3 Å². The lowest BCUT2D eigenvalue weighted by Crippen LogP contribution is -2.23. The van der Waals surface area contributed by atoms with Crippen LogP contribution < -0.4 is 5.32 Å². The number of hydrogen-bond donors (Lipinski definition) is 1. The number of halogens is 1. The molecule has 1 N–H and O–H groups in total. The highest BCUT2D eigenvalue weighted by molar-refractivity contribution is 9.10. The highest BCUT2D eigenvalue weighted by atomic mass is 79.9. The van der Waals surface area contributed by atoms with E-state index in [4.69, 9.17) is 0 Å². The SMILES string of the molecule is CCn1c(CCNC(C)=O)nnc1SCC(=O)c1ccc(Br)cc1. The second kappa shape index (κ2) is 8.98. The van der Waals surface area contributed by atoms with Crippen molar-refractivity contribution >= 4 is 39.4 Å². The first-order valence-electron chi connectivity index (χ1n) is 7.59. The molecule has 0 radical (unpaired) electrons. The quantitative estimate of drug-likeness (QED) is 0.534. The van der Waals surface area contributed by atoms with Crippen LogP contribution in [0.5, 0.6) is 0 Å². The molecule has 6 nitrogen and oxygen atoms in total. The van der Waals surface area contributed by atoms with E-state index in [1.165, 1.54) is 18.7 Å². The molecule has 0 saturated carbocycles. The van der Waals surface area contributed by atoms with E-state index in [9.17, 15) is 9.59 Å². The zero-order valence-corrected chi connectivity index (χ0v) is 16.0. The van der Waals surface area contributed by atoms with Crippen LogP contribution in [0.25, 0.3) is 0 Å². The summed E-state index contributed by atoms with van der Waals surface area (Å²) in [7, 11) is 0. The molecule has 0 aliphatic rings. The van der Waals surface area contributed by atoms with Crippen LogP contribution in [0.3, 0.4) is 0 Å². The molecule has 0 bridgehead atoms. The van der Waals surface area contributed by atoms with Crippen molar-refractivity contribution in [2.75, 3.05) is 12.3 Å². The van der Waals surface area contributed by atoms with Gasteiger partial charge in [-0.2, -0.15) is 0 Å². The van der Waals surface area contributed by atoms with Gasteiger partial charge in [0.15, 0.2) is 10.9 Å². The lowest BCUT2D eigenvalue weighted by Gasteiger charge is -2.07. The summed E-state index contributed by atoms with van der Waals surface area (Å²) in [4.78, 5) is 23.2. The van der Waals surface area contributed by atoms with E-state index < -0.39 is 0 Å². The van der Waals surface area contributed by atoms with E-state index in [2.05, 4.69) is 31.4 Å². The second-order valence-electron chi connectivity index (χ2n) is 5.09. The summed E-state index contributed by atoms with van der Waals surface area (Å²) in [6.45, 7) is 4.73. The maximum absolute atomic E-state index is 12.2. The van der Waals surface area contributed by atoms with Crippen molar-refractivity contribution in [1.29, 1.82) is 0 Å². The molecule has 1 aromatic carbocycles. The Hall–Kier alpha value is -1.67. The normalized spacial score (nSPS) is 10.6. The van der Waals surface area contributed by atoms with Gasteiger partial charge in [0.2, 0.25) is 5.91 Å². The van der Waals surface area contributed by atoms with Crippen LogP contribution in [-0.4, -0.2) is 38.8 Å². The number of carbonyl (C=O) groups excluding carboxylic acids is 2. The van der Waals surface area contributed by atoms with Crippen molar-refractivity contribution in [3.05, 3.63) is 40.1 Å². The highest BCUT2D eigenvalue weighted by Crippen LogP contribution is 2.19. The number of aromatic nitrogens is 3. The molecule has 24 heavy (non-hydrogen) atoms. The Bertz CT molecular complexity index is 715. The first-order valence-corrected chi connectivity index (χ1v) is 9.37. The van der Waals surface area contributed by atoms with Crippen molar-refractivity contribution in [3.63, 3.8) is 0 Å². The molecule has 0 saturated heterocycles. The number of rotatable bonds is 8. The second-order valence-corrected chi connectivity index (χ2v) is 6.95. The minimum absolute atomic E-state index is 0.0537. The van der Waals surface area contributed by atoms with Crippen LogP contribution in [0.2, 0.25) is 0 Å². The summed E-state index contributed by atoms with van der Waals surface area (Å²) in [5, 5.41) is 11.8. The van der Waals surface area contributed by atoms with Crippen molar-refractivity contribution in [1.82, 2.24) is 20.1 Å². The zero-order valence-electron chi connectivity index (χ0n) is 13.6. The van der Waals surface area contributed by atoms with Crippen molar-refractivity contribution in [3.8, 4) is 0 Å². The van der Waals surface area contributed by atoms with Gasteiger partial charge < -0.3 is 9.88 Å². The van der Waals surface area contributed by atoms with Gasteiger partial charge >= 0.3 is 0 Å². The van der Waals surface area contributed by atoms with Crippen LogP contribution in [-0.2, 0) is 17.8 Å². The van der Waals surface area contributed by atoms with Crippen LogP contribution >= 0.6 is 27.7 Å². The molecule has 8 heteroatoms. The predicted molar refractivity (Wildman–Crippen MR) is 97.3 cm³/mol. The number of ketones is 1. The number of hydrogen-bond acceptors (Lipinski definition) is 5. The maximum atomic E-state index is 12.2. The number of benzene rings is 1. The third-order valence-electron chi connectivity index (χ3n) is 3.33. The van der Waals surface area contributed by atoms with E-state index in [1.54, 1.807) is 12.1 Å². The lowest BCUT2D eigenvalue weighted by molar-refractivity contribution is -0.118. The Balaban J connectivity index is 1.96. The van der Waals surface area contributed by atoms with Gasteiger partial charge in [0.1, 0.15) is 5.82 Å². The van der Waals surface area contributed by atoms with E-state index in [0.717, 1.165) is 22.0 Å². The van der Waals surface area contributed by atoms with Gasteiger partial charge in [-0.15, -0.1) is 10.2 Å². The van der Waals surface area contributed by atoms with Crippen LogP contribution in [0.15, 0.2) is 33.9 Å². The molecular formula is C16H19BrN4O2S. The minimum atomic E-state index is -0.0627. The molecule has 0 unspecified atom stereocenters. The van der Waals surface area contributed by atoms with E-state index in [-0.39, 0.29) is 11.7 Å². The predicted octanol–water partition coefficient (Wildman–Crippen LogP) is 2.71. The molecule has 0 aliphatic heterocycles. The van der Waals surface area contributed by atoms with E-state index >= 15 is 0 Å². The summed E-state index contributed by atoms with van der Waals surface area (Å²) < 4.78 is 2.92. The number of carbonyl (C=O) groups is 2. The van der Waals surface area contributed by atoms with Crippen LogP contribution in [0.4, 0.5) is 0 Å². The van der Waals surface area contributed by atoms with Gasteiger partial charge in [0.25, 0.3) is 0 Å². The van der Waals surface area contributed by atoms with Gasteiger partial charge in [0, 0.05) is 36.5 Å². The van der Waals surface area contributed by atoms with Crippen LogP contribution in [0.1, 0.15) is 30.0 Å². The summed E-state index contributed by atoms with van der Waals surface area (Å²) >= 11 is 4.74. The van der Waals surface area contributed by atoms with Gasteiger partial charge in [-0.25, -0.2) is 0 Å².